The summed E-state index contributed by atoms with van der Waals surface area (Å²) in [6.07, 6.45) is 2.59. The maximum Gasteiger partial charge on any atom is 0.316 e. The molecule has 1 saturated carbocycles. The number of fused-ring (bicyclic) bond motifs is 3. The summed E-state index contributed by atoms with van der Waals surface area (Å²) in [5, 5.41) is 26.2. The fourth-order valence-corrected chi connectivity index (χ4v) is 7.70. The van der Waals surface area contributed by atoms with E-state index >= 15 is 0 Å². The van der Waals surface area contributed by atoms with Crippen LogP contribution >= 0.6 is 0 Å². The molecule has 0 radical (unpaired) electrons. The van der Waals surface area contributed by atoms with Gasteiger partial charge in [0.2, 0.25) is 5.66 Å². The van der Waals surface area contributed by atoms with Crippen molar-refractivity contribution in [3.63, 3.8) is 0 Å². The van der Waals surface area contributed by atoms with Crippen LogP contribution in [0.3, 0.4) is 0 Å². The molecule has 1 aliphatic carbocycles. The van der Waals surface area contributed by atoms with Crippen LogP contribution in [0.2, 0.25) is 0 Å². The molecule has 1 spiro atoms. The van der Waals surface area contributed by atoms with Gasteiger partial charge in [-0.25, -0.2) is 0 Å². The van der Waals surface area contributed by atoms with Gasteiger partial charge in [0.15, 0.2) is 0 Å². The Balaban J connectivity index is 1.96. The normalized spacial score (nSPS) is 46.7. The number of para-hydroxylation sites is 1. The minimum atomic E-state index is -1.13. The van der Waals surface area contributed by atoms with Crippen LogP contribution in [0, 0.1) is 11.3 Å². The number of ether oxygens (including phenoxy) is 1. The van der Waals surface area contributed by atoms with Crippen LogP contribution in [0.25, 0.3) is 0 Å². The molecule has 6 nitrogen and oxygen atoms in total. The molecule has 28 heavy (non-hydrogen) atoms. The Morgan fingerprint density at radius 2 is 2.18 bits per heavy atom. The van der Waals surface area contributed by atoms with E-state index in [-0.39, 0.29) is 18.5 Å². The molecule has 4 aliphatic heterocycles. The minimum absolute atomic E-state index is 0.258. The van der Waals surface area contributed by atoms with Crippen molar-refractivity contribution in [3.05, 3.63) is 41.5 Å². The number of quaternary nitrogens is 1. The molecule has 6 heteroatoms. The molecule has 4 bridgehead atoms. The second kappa shape index (κ2) is 5.38. The van der Waals surface area contributed by atoms with E-state index in [1.165, 1.54) is 7.11 Å². The number of esters is 1. The van der Waals surface area contributed by atoms with Gasteiger partial charge in [0, 0.05) is 18.0 Å². The van der Waals surface area contributed by atoms with Gasteiger partial charge in [-0.2, -0.15) is 0 Å². The van der Waals surface area contributed by atoms with Crippen LogP contribution in [0.1, 0.15) is 25.3 Å². The molecule has 1 aromatic rings. The van der Waals surface area contributed by atoms with E-state index in [1.807, 2.05) is 25.1 Å². The molecule has 3 saturated heterocycles. The Morgan fingerprint density at radius 3 is 2.86 bits per heavy atom. The topological polar surface area (TPSA) is 78.8 Å². The number of aliphatic hydroxyl groups excluding tert-OH is 2. The van der Waals surface area contributed by atoms with Crippen molar-refractivity contribution >= 4 is 11.7 Å². The Morgan fingerprint density at radius 1 is 1.43 bits per heavy atom. The van der Waals surface area contributed by atoms with Gasteiger partial charge in [0.1, 0.15) is 18.1 Å². The van der Waals surface area contributed by atoms with E-state index in [1.54, 1.807) is 0 Å². The van der Waals surface area contributed by atoms with Crippen LogP contribution < -0.4 is 5.32 Å². The van der Waals surface area contributed by atoms with E-state index in [0.717, 1.165) is 29.9 Å². The molecule has 5 aliphatic rings. The average Bonchev–Trinajstić information content (AvgIpc) is 3.12. The number of rotatable bonds is 2. The molecule has 4 fully saturated rings. The summed E-state index contributed by atoms with van der Waals surface area (Å²) in [6, 6.07) is 8.04. The lowest BCUT2D eigenvalue weighted by Gasteiger charge is -2.58. The number of hydrogen-bond donors (Lipinski definition) is 3. The van der Waals surface area contributed by atoms with Crippen molar-refractivity contribution < 1.29 is 24.2 Å². The lowest BCUT2D eigenvalue weighted by Crippen LogP contribution is -2.78. The van der Waals surface area contributed by atoms with E-state index in [0.29, 0.717) is 17.3 Å². The average molecular weight is 385 g/mol. The number of allylic oxidation sites excluding steroid dienone is 1. The van der Waals surface area contributed by atoms with Gasteiger partial charge < -0.3 is 20.3 Å². The van der Waals surface area contributed by atoms with Crippen molar-refractivity contribution in [1.82, 2.24) is 0 Å². The van der Waals surface area contributed by atoms with Crippen LogP contribution in [-0.2, 0) is 14.9 Å². The van der Waals surface area contributed by atoms with E-state index in [2.05, 4.69) is 24.5 Å². The summed E-state index contributed by atoms with van der Waals surface area (Å²) in [4.78, 5) is 13.5. The lowest BCUT2D eigenvalue weighted by molar-refractivity contribution is -0.944. The summed E-state index contributed by atoms with van der Waals surface area (Å²) in [5.74, 6) is -0.629. The predicted molar refractivity (Wildman–Crippen MR) is 104 cm³/mol. The Kier molecular flexibility index (Phi) is 3.49. The molecule has 3 N–H and O–H groups in total. The summed E-state index contributed by atoms with van der Waals surface area (Å²) in [5.41, 5.74) is 0.476. The van der Waals surface area contributed by atoms with Crippen LogP contribution in [0.15, 0.2) is 35.9 Å². The summed E-state index contributed by atoms with van der Waals surface area (Å²) in [6.45, 7) is 3.26. The number of carbonyl (C=O) groups is 1. The van der Waals surface area contributed by atoms with Gasteiger partial charge in [-0.3, -0.25) is 9.28 Å². The minimum Gasteiger partial charge on any atom is -0.468 e. The van der Waals surface area contributed by atoms with E-state index in [4.69, 9.17) is 4.74 Å². The predicted octanol–water partition coefficient (Wildman–Crippen LogP) is 1.39. The Bertz CT molecular complexity index is 900. The zero-order chi connectivity index (χ0) is 19.9. The molecule has 6 atom stereocenters. The number of aliphatic hydroxyl groups is 2. The highest BCUT2D eigenvalue weighted by molar-refractivity contribution is 5.85. The summed E-state index contributed by atoms with van der Waals surface area (Å²) >= 11 is 0. The molecule has 150 valence electrons. The number of benzene rings is 1. The first-order valence-electron chi connectivity index (χ1n) is 10.1. The van der Waals surface area contributed by atoms with Gasteiger partial charge in [-0.15, -0.1) is 0 Å². The smallest absolute Gasteiger partial charge is 0.316 e. The van der Waals surface area contributed by atoms with Crippen LogP contribution in [-0.4, -0.2) is 66.3 Å². The third-order valence-electron chi connectivity index (χ3n) is 8.64. The zero-order valence-corrected chi connectivity index (χ0v) is 16.7. The number of hydrogen-bond acceptors (Lipinski definition) is 5. The van der Waals surface area contributed by atoms with Gasteiger partial charge in [-0.05, 0) is 30.5 Å². The van der Waals surface area contributed by atoms with Gasteiger partial charge >= 0.3 is 5.97 Å². The highest BCUT2D eigenvalue weighted by atomic mass is 16.5. The Hall–Kier alpha value is -1.89. The molecule has 0 aromatic heterocycles. The highest BCUT2D eigenvalue weighted by Gasteiger charge is 2.88. The van der Waals surface area contributed by atoms with E-state index in [9.17, 15) is 15.0 Å². The molecule has 2 unspecified atom stereocenters. The summed E-state index contributed by atoms with van der Waals surface area (Å²) < 4.78 is 5.98. The van der Waals surface area contributed by atoms with Crippen molar-refractivity contribution in [2.45, 2.75) is 36.9 Å². The van der Waals surface area contributed by atoms with Crippen molar-refractivity contribution in [3.8, 4) is 0 Å². The maximum atomic E-state index is 13.5. The third kappa shape index (κ3) is 1.52. The second-order valence-electron chi connectivity index (χ2n) is 9.16. The fourth-order valence-electron chi connectivity index (χ4n) is 7.70. The SMILES string of the molecule is CC=C1C[N+]2(C)CC[C@@]34c5ccccc5N[C@]32C(O)C[C@@H]1[C@@]4(CO)C(=O)OC. The molecular weight excluding hydrogens is 356 g/mol. The quantitative estimate of drug-likeness (QED) is 0.407. The van der Waals surface area contributed by atoms with Crippen molar-refractivity contribution in [1.29, 1.82) is 0 Å². The van der Waals surface area contributed by atoms with Gasteiger partial charge in [0.25, 0.3) is 0 Å². The van der Waals surface area contributed by atoms with E-state index < -0.39 is 22.6 Å². The number of anilines is 1. The van der Waals surface area contributed by atoms with Crippen LogP contribution in [0.5, 0.6) is 0 Å². The van der Waals surface area contributed by atoms with Crippen molar-refractivity contribution in [2.75, 3.05) is 39.2 Å². The van der Waals surface area contributed by atoms with Gasteiger partial charge in [0.05, 0.1) is 32.7 Å². The third-order valence-corrected chi connectivity index (χ3v) is 8.64. The largest absolute Gasteiger partial charge is 0.468 e. The first-order valence-corrected chi connectivity index (χ1v) is 10.1. The molecule has 6 rings (SSSR count). The number of likely N-dealkylation sites (N-methyl/N-ethyl adjacent to an activating group) is 1. The molecule has 0 amide bonds. The van der Waals surface area contributed by atoms with Gasteiger partial charge in [-0.1, -0.05) is 24.3 Å². The first kappa shape index (κ1) is 18.2. The highest BCUT2D eigenvalue weighted by Crippen LogP contribution is 2.74. The fraction of sp³-hybridized carbons (Fsp3) is 0.591. The Labute approximate surface area is 165 Å². The number of methoxy groups -OCH3 is 1. The standard InChI is InChI=1S/C22H29N2O4/c1-4-14-12-24(2)10-9-21-15-7-5-6-8-17(15)23-22(21,24)18(26)11-16(14)20(21,13-25)19(27)28-3/h4-8,16,18,23,25-26H,9-13H2,1-3H3/q+1/t16-,18?,20-,21-,22-,24?/m0/s1. The second-order valence-corrected chi connectivity index (χ2v) is 9.16. The van der Waals surface area contributed by atoms with Crippen LogP contribution in [0.4, 0.5) is 5.69 Å². The number of nitrogens with one attached hydrogen (secondary N) is 1. The monoisotopic (exact) mass is 385 g/mol. The molecule has 1 aromatic carbocycles. The van der Waals surface area contributed by atoms with Crippen molar-refractivity contribution in [2.24, 2.45) is 11.3 Å². The number of carbonyl (C=O) groups excluding carboxylic acids is 1. The first-order chi connectivity index (χ1) is 13.4. The lowest BCUT2D eigenvalue weighted by atomic mass is 9.45. The zero-order valence-electron chi connectivity index (χ0n) is 16.7. The maximum absolute atomic E-state index is 13.5. The molecular formula is C22H29N2O4+. The number of nitrogens with zero attached hydrogens (tertiary/aromatic N) is 1. The summed E-state index contributed by atoms with van der Waals surface area (Å²) in [7, 11) is 3.59. The molecule has 4 heterocycles.